The second-order valence-electron chi connectivity index (χ2n) is 2.93. The van der Waals surface area contributed by atoms with Crippen LogP contribution >= 0.6 is 0 Å². The molecule has 0 aliphatic carbocycles. The van der Waals surface area contributed by atoms with Gasteiger partial charge in [-0.1, -0.05) is 53.3 Å². The zero-order valence-electron chi connectivity index (χ0n) is 13.0. The number of rotatable bonds is 7. The van der Waals surface area contributed by atoms with Crippen LogP contribution in [0, 0.1) is 0 Å². The normalized spacial score (nSPS) is 10.0. The second kappa shape index (κ2) is 20.8. The van der Waals surface area contributed by atoms with Crippen LogP contribution in [0.3, 0.4) is 0 Å². The summed E-state index contributed by atoms with van der Waals surface area (Å²) < 4.78 is 5.04. The Morgan fingerprint density at radius 3 is 2.06 bits per heavy atom. The van der Waals surface area contributed by atoms with E-state index in [0.29, 0.717) is 0 Å². The SMILES string of the molecule is C=C/C(=C\C)CN(CC)CCOC.CC.CC. The molecule has 0 atom stereocenters. The molecule has 0 aromatic heterocycles. The lowest BCUT2D eigenvalue weighted by Crippen LogP contribution is -2.28. The Bertz CT molecular complexity index is 164. The lowest BCUT2D eigenvalue weighted by Gasteiger charge is -2.20. The average Bonchev–Trinajstić information content (AvgIpc) is 2.44. The van der Waals surface area contributed by atoms with Crippen LogP contribution in [0.4, 0.5) is 0 Å². The minimum Gasteiger partial charge on any atom is -0.383 e. The van der Waals surface area contributed by atoms with E-state index in [1.54, 1.807) is 7.11 Å². The maximum absolute atomic E-state index is 5.04. The number of hydrogen-bond acceptors (Lipinski definition) is 2. The van der Waals surface area contributed by atoms with Crippen molar-refractivity contribution >= 4 is 0 Å². The molecule has 0 heterocycles. The molecule has 2 heteroatoms. The Hall–Kier alpha value is -0.600. The van der Waals surface area contributed by atoms with Crippen LogP contribution in [0.5, 0.6) is 0 Å². The summed E-state index contributed by atoms with van der Waals surface area (Å²) in [7, 11) is 1.73. The van der Waals surface area contributed by atoms with Gasteiger partial charge in [0.2, 0.25) is 0 Å². The fraction of sp³-hybridized carbons (Fsp3) is 0.733. The molecule has 0 fully saturated rings. The van der Waals surface area contributed by atoms with E-state index in [-0.39, 0.29) is 0 Å². The maximum atomic E-state index is 5.04. The first-order valence-electron chi connectivity index (χ1n) is 6.77. The third-order valence-electron chi connectivity index (χ3n) is 2.10. The highest BCUT2D eigenvalue weighted by molar-refractivity contribution is 5.16. The van der Waals surface area contributed by atoms with E-state index in [9.17, 15) is 0 Å². The van der Waals surface area contributed by atoms with Gasteiger partial charge in [-0.15, -0.1) is 0 Å². The maximum Gasteiger partial charge on any atom is 0.0589 e. The van der Waals surface area contributed by atoms with Gasteiger partial charge in [-0.25, -0.2) is 0 Å². The van der Waals surface area contributed by atoms with Gasteiger partial charge in [-0.2, -0.15) is 0 Å². The van der Waals surface area contributed by atoms with Gasteiger partial charge in [-0.3, -0.25) is 4.90 Å². The lowest BCUT2D eigenvalue weighted by molar-refractivity contribution is 0.156. The summed E-state index contributed by atoms with van der Waals surface area (Å²) in [6.07, 6.45) is 4.01. The molecular formula is C15H33NO. The summed E-state index contributed by atoms with van der Waals surface area (Å²) in [6.45, 7) is 19.8. The summed E-state index contributed by atoms with van der Waals surface area (Å²) in [5.41, 5.74) is 1.28. The average molecular weight is 243 g/mol. The van der Waals surface area contributed by atoms with Crippen LogP contribution < -0.4 is 0 Å². The van der Waals surface area contributed by atoms with E-state index < -0.39 is 0 Å². The van der Waals surface area contributed by atoms with Crippen molar-refractivity contribution in [2.24, 2.45) is 0 Å². The van der Waals surface area contributed by atoms with E-state index in [0.717, 1.165) is 26.2 Å². The van der Waals surface area contributed by atoms with Crippen molar-refractivity contribution in [3.8, 4) is 0 Å². The third kappa shape index (κ3) is 15.4. The van der Waals surface area contributed by atoms with Gasteiger partial charge in [0, 0.05) is 20.2 Å². The number of allylic oxidation sites excluding steroid dienone is 1. The topological polar surface area (TPSA) is 12.5 Å². The van der Waals surface area contributed by atoms with E-state index in [4.69, 9.17) is 4.74 Å². The summed E-state index contributed by atoms with van der Waals surface area (Å²) in [6, 6.07) is 0. The molecule has 104 valence electrons. The zero-order valence-corrected chi connectivity index (χ0v) is 13.0. The van der Waals surface area contributed by atoms with E-state index in [1.165, 1.54) is 5.57 Å². The van der Waals surface area contributed by atoms with Crippen LogP contribution in [0.15, 0.2) is 24.3 Å². The monoisotopic (exact) mass is 243 g/mol. The standard InChI is InChI=1S/C11H21NO.2C2H6/c1-5-11(6-2)10-12(7-3)8-9-13-4;2*1-2/h5-6H,1,7-10H2,2-4H3;2*1-2H3/b11-6+;;. The van der Waals surface area contributed by atoms with Crippen LogP contribution in [0.1, 0.15) is 41.5 Å². The summed E-state index contributed by atoms with van der Waals surface area (Å²) >= 11 is 0. The van der Waals surface area contributed by atoms with Crippen LogP contribution in [0.25, 0.3) is 0 Å². The molecule has 0 aliphatic heterocycles. The number of ether oxygens (including phenoxy) is 1. The first-order chi connectivity index (χ1) is 8.28. The lowest BCUT2D eigenvalue weighted by atomic mass is 10.2. The Balaban J connectivity index is -0.000000439. The second-order valence-corrected chi connectivity index (χ2v) is 2.93. The van der Waals surface area contributed by atoms with Gasteiger partial charge in [0.05, 0.1) is 6.61 Å². The molecule has 0 N–H and O–H groups in total. The molecule has 0 aromatic rings. The highest BCUT2D eigenvalue weighted by Crippen LogP contribution is 1.99. The van der Waals surface area contributed by atoms with E-state index in [1.807, 2.05) is 40.7 Å². The zero-order chi connectivity index (χ0) is 14.1. The highest BCUT2D eigenvalue weighted by Gasteiger charge is 2.02. The van der Waals surface area contributed by atoms with Gasteiger partial charge < -0.3 is 4.74 Å². The summed E-state index contributed by atoms with van der Waals surface area (Å²) in [5.74, 6) is 0. The molecule has 0 bridgehead atoms. The summed E-state index contributed by atoms with van der Waals surface area (Å²) in [5, 5.41) is 0. The molecular weight excluding hydrogens is 210 g/mol. The van der Waals surface area contributed by atoms with Crippen molar-refractivity contribution in [2.75, 3.05) is 33.4 Å². The van der Waals surface area contributed by atoms with Gasteiger partial charge in [0.15, 0.2) is 0 Å². The van der Waals surface area contributed by atoms with Crippen LogP contribution in [0.2, 0.25) is 0 Å². The van der Waals surface area contributed by atoms with Crippen molar-refractivity contribution in [1.82, 2.24) is 4.90 Å². The summed E-state index contributed by atoms with van der Waals surface area (Å²) in [4.78, 5) is 2.33. The highest BCUT2D eigenvalue weighted by atomic mass is 16.5. The van der Waals surface area contributed by atoms with Crippen molar-refractivity contribution in [3.05, 3.63) is 24.3 Å². The van der Waals surface area contributed by atoms with Gasteiger partial charge >= 0.3 is 0 Å². The van der Waals surface area contributed by atoms with Crippen molar-refractivity contribution < 1.29 is 4.74 Å². The fourth-order valence-electron chi connectivity index (χ4n) is 1.10. The molecule has 0 rings (SSSR count). The minimum absolute atomic E-state index is 0.794. The molecule has 2 nitrogen and oxygen atoms in total. The molecule has 0 spiro atoms. The molecule has 17 heavy (non-hydrogen) atoms. The van der Waals surface area contributed by atoms with Crippen molar-refractivity contribution in [3.63, 3.8) is 0 Å². The Kier molecular flexibility index (Phi) is 26.5. The first kappa shape index (κ1) is 21.7. The largest absolute Gasteiger partial charge is 0.383 e. The predicted octanol–water partition coefficient (Wildman–Crippen LogP) is 4.14. The molecule has 0 saturated carbocycles. The number of likely N-dealkylation sites (N-methyl/N-ethyl adjacent to an activating group) is 1. The third-order valence-corrected chi connectivity index (χ3v) is 2.10. The number of hydrogen-bond donors (Lipinski definition) is 0. The molecule has 0 aromatic carbocycles. The van der Waals surface area contributed by atoms with Crippen molar-refractivity contribution in [1.29, 1.82) is 0 Å². The van der Waals surface area contributed by atoms with Crippen LogP contribution in [-0.2, 0) is 4.74 Å². The smallest absolute Gasteiger partial charge is 0.0589 e. The van der Waals surface area contributed by atoms with Crippen molar-refractivity contribution in [2.45, 2.75) is 41.5 Å². The van der Waals surface area contributed by atoms with Gasteiger partial charge in [0.1, 0.15) is 0 Å². The van der Waals surface area contributed by atoms with Gasteiger partial charge in [-0.05, 0) is 19.0 Å². The van der Waals surface area contributed by atoms with E-state index >= 15 is 0 Å². The quantitative estimate of drug-likeness (QED) is 0.623. The number of nitrogens with zero attached hydrogens (tertiary/aromatic N) is 1. The van der Waals surface area contributed by atoms with Gasteiger partial charge in [0.25, 0.3) is 0 Å². The Morgan fingerprint density at radius 2 is 1.76 bits per heavy atom. The molecule has 0 aliphatic rings. The molecule has 0 radical (unpaired) electrons. The predicted molar refractivity (Wildman–Crippen MR) is 80.6 cm³/mol. The number of methoxy groups -OCH3 is 1. The van der Waals surface area contributed by atoms with Crippen LogP contribution in [-0.4, -0.2) is 38.3 Å². The molecule has 0 saturated heterocycles. The Labute approximate surface area is 109 Å². The van der Waals surface area contributed by atoms with E-state index in [2.05, 4.69) is 24.5 Å². The first-order valence-corrected chi connectivity index (χ1v) is 6.77. The Morgan fingerprint density at radius 1 is 1.24 bits per heavy atom. The minimum atomic E-state index is 0.794. The molecule has 0 amide bonds. The molecule has 0 unspecified atom stereocenters. The fourth-order valence-corrected chi connectivity index (χ4v) is 1.10.